The standard InChI is InChI=1S/C18H25N/c1-13(2)12-14(3)19-15(4)17-11-7-9-16-8-5-6-10-18(16)17/h5-11,13-15,19H,12H2,1-4H3. The van der Waals surface area contributed by atoms with Crippen LogP contribution in [0.3, 0.4) is 0 Å². The zero-order valence-electron chi connectivity index (χ0n) is 12.5. The van der Waals surface area contributed by atoms with E-state index in [1.54, 1.807) is 0 Å². The number of fused-ring (bicyclic) bond motifs is 1. The maximum Gasteiger partial charge on any atom is 0.0300 e. The fourth-order valence-corrected chi connectivity index (χ4v) is 2.92. The van der Waals surface area contributed by atoms with Crippen molar-refractivity contribution >= 4 is 10.8 Å². The average molecular weight is 255 g/mol. The molecule has 2 atom stereocenters. The minimum Gasteiger partial charge on any atom is -0.308 e. The molecule has 0 aliphatic rings. The second-order valence-electron chi connectivity index (χ2n) is 5.99. The third-order valence-electron chi connectivity index (χ3n) is 3.65. The topological polar surface area (TPSA) is 12.0 Å². The van der Waals surface area contributed by atoms with Crippen LogP contribution in [0, 0.1) is 5.92 Å². The SMILES string of the molecule is CC(C)CC(C)NC(C)c1cccc2ccccc12. The van der Waals surface area contributed by atoms with Crippen molar-refractivity contribution in [2.24, 2.45) is 5.92 Å². The van der Waals surface area contributed by atoms with Gasteiger partial charge in [-0.25, -0.2) is 0 Å². The van der Waals surface area contributed by atoms with Crippen molar-refractivity contribution in [3.63, 3.8) is 0 Å². The summed E-state index contributed by atoms with van der Waals surface area (Å²) in [5.74, 6) is 0.738. The van der Waals surface area contributed by atoms with E-state index < -0.39 is 0 Å². The summed E-state index contributed by atoms with van der Waals surface area (Å²) in [6.45, 7) is 9.10. The molecular weight excluding hydrogens is 230 g/mol. The zero-order chi connectivity index (χ0) is 13.8. The van der Waals surface area contributed by atoms with Gasteiger partial charge in [-0.1, -0.05) is 56.3 Å². The minimum atomic E-state index is 0.389. The van der Waals surface area contributed by atoms with Crippen molar-refractivity contribution in [3.05, 3.63) is 48.0 Å². The molecule has 2 rings (SSSR count). The number of hydrogen-bond donors (Lipinski definition) is 1. The lowest BCUT2D eigenvalue weighted by Gasteiger charge is -2.23. The molecule has 0 aliphatic heterocycles. The summed E-state index contributed by atoms with van der Waals surface area (Å²) in [7, 11) is 0. The summed E-state index contributed by atoms with van der Waals surface area (Å²) >= 11 is 0. The van der Waals surface area contributed by atoms with E-state index in [9.17, 15) is 0 Å². The van der Waals surface area contributed by atoms with E-state index in [2.05, 4.69) is 75.5 Å². The summed E-state index contributed by atoms with van der Waals surface area (Å²) in [6.07, 6.45) is 1.22. The van der Waals surface area contributed by atoms with Gasteiger partial charge in [-0.3, -0.25) is 0 Å². The monoisotopic (exact) mass is 255 g/mol. The Morgan fingerprint density at radius 3 is 2.32 bits per heavy atom. The number of nitrogens with one attached hydrogen (secondary N) is 1. The smallest absolute Gasteiger partial charge is 0.0300 e. The Kier molecular flexibility index (Phi) is 4.60. The lowest BCUT2D eigenvalue weighted by Crippen LogP contribution is -2.30. The van der Waals surface area contributed by atoms with Gasteiger partial charge in [0.05, 0.1) is 0 Å². The Labute approximate surface area is 117 Å². The van der Waals surface area contributed by atoms with Crippen LogP contribution < -0.4 is 5.32 Å². The molecule has 0 bridgehead atoms. The molecule has 1 heteroatoms. The molecule has 0 spiro atoms. The average Bonchev–Trinajstić information content (AvgIpc) is 2.36. The Morgan fingerprint density at radius 2 is 1.58 bits per heavy atom. The van der Waals surface area contributed by atoms with Crippen molar-refractivity contribution in [1.29, 1.82) is 0 Å². The lowest BCUT2D eigenvalue weighted by molar-refractivity contribution is 0.408. The first-order valence-electron chi connectivity index (χ1n) is 7.31. The number of benzene rings is 2. The van der Waals surface area contributed by atoms with Crippen LogP contribution in [0.15, 0.2) is 42.5 Å². The van der Waals surface area contributed by atoms with Crippen molar-refractivity contribution in [2.75, 3.05) is 0 Å². The minimum absolute atomic E-state index is 0.389. The van der Waals surface area contributed by atoms with E-state index in [4.69, 9.17) is 0 Å². The molecular formula is C18H25N. The summed E-state index contributed by atoms with van der Waals surface area (Å²) in [6, 6.07) is 16.1. The van der Waals surface area contributed by atoms with Gasteiger partial charge in [0.1, 0.15) is 0 Å². The summed E-state index contributed by atoms with van der Waals surface area (Å²) in [5.41, 5.74) is 1.40. The predicted molar refractivity (Wildman–Crippen MR) is 84.4 cm³/mol. The van der Waals surface area contributed by atoms with Gasteiger partial charge in [-0.15, -0.1) is 0 Å². The molecule has 2 aromatic carbocycles. The molecule has 102 valence electrons. The van der Waals surface area contributed by atoms with E-state index in [1.165, 1.54) is 22.8 Å². The molecule has 0 aromatic heterocycles. The lowest BCUT2D eigenvalue weighted by atomic mass is 9.98. The van der Waals surface area contributed by atoms with Gasteiger partial charge >= 0.3 is 0 Å². The second kappa shape index (κ2) is 6.21. The highest BCUT2D eigenvalue weighted by molar-refractivity contribution is 5.86. The van der Waals surface area contributed by atoms with Gasteiger partial charge < -0.3 is 5.32 Å². The molecule has 0 saturated carbocycles. The molecule has 0 fully saturated rings. The summed E-state index contributed by atoms with van der Waals surface area (Å²) in [5, 5.41) is 6.41. The highest BCUT2D eigenvalue weighted by Gasteiger charge is 2.12. The summed E-state index contributed by atoms with van der Waals surface area (Å²) in [4.78, 5) is 0. The molecule has 0 heterocycles. The molecule has 0 saturated heterocycles. The largest absolute Gasteiger partial charge is 0.308 e. The molecule has 19 heavy (non-hydrogen) atoms. The van der Waals surface area contributed by atoms with E-state index >= 15 is 0 Å². The predicted octanol–water partition coefficient (Wildman–Crippen LogP) is 4.93. The van der Waals surface area contributed by atoms with Crippen molar-refractivity contribution < 1.29 is 0 Å². The quantitative estimate of drug-likeness (QED) is 0.799. The van der Waals surface area contributed by atoms with Gasteiger partial charge in [-0.05, 0) is 42.5 Å². The van der Waals surface area contributed by atoms with E-state index in [1.807, 2.05) is 0 Å². The third kappa shape index (κ3) is 3.57. The van der Waals surface area contributed by atoms with Gasteiger partial charge in [-0.2, -0.15) is 0 Å². The fourth-order valence-electron chi connectivity index (χ4n) is 2.92. The van der Waals surface area contributed by atoms with Gasteiger partial charge in [0.25, 0.3) is 0 Å². The normalized spacial score (nSPS) is 14.8. The van der Waals surface area contributed by atoms with Crippen LogP contribution in [0.1, 0.15) is 45.7 Å². The van der Waals surface area contributed by atoms with E-state index in [0.29, 0.717) is 12.1 Å². The van der Waals surface area contributed by atoms with Crippen LogP contribution in [0.2, 0.25) is 0 Å². The first-order valence-corrected chi connectivity index (χ1v) is 7.31. The van der Waals surface area contributed by atoms with Crippen molar-refractivity contribution in [3.8, 4) is 0 Å². The maximum absolute atomic E-state index is 3.72. The van der Waals surface area contributed by atoms with Crippen LogP contribution in [0.4, 0.5) is 0 Å². The maximum atomic E-state index is 3.72. The highest BCUT2D eigenvalue weighted by Crippen LogP contribution is 2.24. The molecule has 1 N–H and O–H groups in total. The Hall–Kier alpha value is -1.34. The fraction of sp³-hybridized carbons (Fsp3) is 0.444. The molecule has 0 radical (unpaired) electrons. The first kappa shape index (κ1) is 14.1. The van der Waals surface area contributed by atoms with Crippen LogP contribution in [0.25, 0.3) is 10.8 Å². The van der Waals surface area contributed by atoms with Crippen LogP contribution in [-0.4, -0.2) is 6.04 Å². The second-order valence-corrected chi connectivity index (χ2v) is 5.99. The van der Waals surface area contributed by atoms with Crippen LogP contribution >= 0.6 is 0 Å². The van der Waals surface area contributed by atoms with Crippen molar-refractivity contribution in [1.82, 2.24) is 5.32 Å². The molecule has 2 aromatic rings. The third-order valence-corrected chi connectivity index (χ3v) is 3.65. The highest BCUT2D eigenvalue weighted by atomic mass is 14.9. The Bertz CT molecular complexity index is 525. The molecule has 0 aliphatic carbocycles. The number of rotatable bonds is 5. The van der Waals surface area contributed by atoms with Crippen molar-refractivity contribution in [2.45, 2.75) is 46.2 Å². The van der Waals surface area contributed by atoms with Crippen LogP contribution in [0.5, 0.6) is 0 Å². The molecule has 1 nitrogen and oxygen atoms in total. The number of hydrogen-bond acceptors (Lipinski definition) is 1. The first-order chi connectivity index (χ1) is 9.08. The summed E-state index contributed by atoms with van der Waals surface area (Å²) < 4.78 is 0. The Balaban J connectivity index is 2.19. The van der Waals surface area contributed by atoms with Gasteiger partial charge in [0, 0.05) is 12.1 Å². The molecule has 2 unspecified atom stereocenters. The van der Waals surface area contributed by atoms with Gasteiger partial charge in [0.2, 0.25) is 0 Å². The van der Waals surface area contributed by atoms with E-state index in [-0.39, 0.29) is 0 Å². The van der Waals surface area contributed by atoms with E-state index in [0.717, 1.165) is 5.92 Å². The Morgan fingerprint density at radius 1 is 0.895 bits per heavy atom. The van der Waals surface area contributed by atoms with Crippen LogP contribution in [-0.2, 0) is 0 Å². The molecule has 0 amide bonds. The zero-order valence-corrected chi connectivity index (χ0v) is 12.5. The van der Waals surface area contributed by atoms with Gasteiger partial charge in [0.15, 0.2) is 0 Å².